The summed E-state index contributed by atoms with van der Waals surface area (Å²) in [7, 11) is 0. The minimum Gasteiger partial charge on any atom is -0.378 e. The van der Waals surface area contributed by atoms with Gasteiger partial charge in [0.15, 0.2) is 0 Å². The number of anilines is 1. The number of hydrogen-bond donors (Lipinski definition) is 0. The second-order valence-corrected chi connectivity index (χ2v) is 6.71. The van der Waals surface area contributed by atoms with Gasteiger partial charge in [-0.05, 0) is 29.7 Å². The third kappa shape index (κ3) is 3.51. The molecule has 4 rings (SSSR count). The van der Waals surface area contributed by atoms with Gasteiger partial charge in [-0.3, -0.25) is 4.79 Å². The Morgan fingerprint density at radius 3 is 2.35 bits per heavy atom. The second-order valence-electron chi connectivity index (χ2n) is 6.71. The normalized spacial score (nSPS) is 17.8. The SMILES string of the molecule is O=C(c1ccccc1N1CCOCC1)N1CC=C(c2ccccc2)CC1. The van der Waals surface area contributed by atoms with Gasteiger partial charge in [-0.2, -0.15) is 0 Å². The van der Waals surface area contributed by atoms with Gasteiger partial charge in [0.05, 0.1) is 18.8 Å². The molecule has 2 heterocycles. The lowest BCUT2D eigenvalue weighted by molar-refractivity contribution is 0.0772. The van der Waals surface area contributed by atoms with Crippen molar-refractivity contribution in [2.75, 3.05) is 44.3 Å². The van der Waals surface area contributed by atoms with E-state index in [1.54, 1.807) is 0 Å². The first-order valence-electron chi connectivity index (χ1n) is 9.28. The average molecular weight is 348 g/mol. The Morgan fingerprint density at radius 1 is 0.885 bits per heavy atom. The molecule has 0 atom stereocenters. The number of hydrogen-bond acceptors (Lipinski definition) is 3. The van der Waals surface area contributed by atoms with Crippen molar-refractivity contribution in [1.29, 1.82) is 0 Å². The van der Waals surface area contributed by atoms with E-state index in [2.05, 4.69) is 35.2 Å². The maximum Gasteiger partial charge on any atom is 0.256 e. The fraction of sp³-hybridized carbons (Fsp3) is 0.318. The summed E-state index contributed by atoms with van der Waals surface area (Å²) in [4.78, 5) is 17.4. The molecule has 0 N–H and O–H groups in total. The van der Waals surface area contributed by atoms with Crippen LogP contribution < -0.4 is 4.90 Å². The van der Waals surface area contributed by atoms with Gasteiger partial charge >= 0.3 is 0 Å². The van der Waals surface area contributed by atoms with Crippen LogP contribution in [-0.4, -0.2) is 50.2 Å². The Bertz CT molecular complexity index is 795. The highest BCUT2D eigenvalue weighted by Crippen LogP contribution is 2.26. The largest absolute Gasteiger partial charge is 0.378 e. The third-order valence-corrected chi connectivity index (χ3v) is 5.13. The van der Waals surface area contributed by atoms with Crippen molar-refractivity contribution < 1.29 is 9.53 Å². The molecule has 134 valence electrons. The van der Waals surface area contributed by atoms with Crippen LogP contribution in [0.25, 0.3) is 5.57 Å². The molecule has 0 aromatic heterocycles. The highest BCUT2D eigenvalue weighted by atomic mass is 16.5. The van der Waals surface area contributed by atoms with E-state index in [-0.39, 0.29) is 5.91 Å². The standard InChI is InChI=1S/C22H24N2O2/c25-22(20-8-4-5-9-21(20)23-14-16-26-17-15-23)24-12-10-19(11-13-24)18-6-2-1-3-7-18/h1-10H,11-17H2. The lowest BCUT2D eigenvalue weighted by Gasteiger charge is -2.32. The molecule has 4 nitrogen and oxygen atoms in total. The summed E-state index contributed by atoms with van der Waals surface area (Å²) < 4.78 is 5.45. The maximum atomic E-state index is 13.1. The molecule has 0 aliphatic carbocycles. The predicted molar refractivity (Wildman–Crippen MR) is 104 cm³/mol. The Hall–Kier alpha value is -2.59. The number of morpholine rings is 1. The van der Waals surface area contributed by atoms with Gasteiger partial charge in [-0.15, -0.1) is 0 Å². The van der Waals surface area contributed by atoms with Crippen molar-refractivity contribution >= 4 is 17.2 Å². The number of rotatable bonds is 3. The number of amides is 1. The number of para-hydroxylation sites is 1. The molecule has 1 amide bonds. The van der Waals surface area contributed by atoms with E-state index in [9.17, 15) is 4.79 Å². The van der Waals surface area contributed by atoms with Crippen LogP contribution in [0, 0.1) is 0 Å². The number of nitrogens with zero attached hydrogens (tertiary/aromatic N) is 2. The molecule has 2 aliphatic rings. The minimum atomic E-state index is 0.121. The Balaban J connectivity index is 1.51. The average Bonchev–Trinajstić information content (AvgIpc) is 2.75. The number of ether oxygens (including phenoxy) is 1. The van der Waals surface area contributed by atoms with Gasteiger partial charge in [0.2, 0.25) is 0 Å². The van der Waals surface area contributed by atoms with Crippen molar-refractivity contribution in [3.8, 4) is 0 Å². The van der Waals surface area contributed by atoms with Gasteiger partial charge in [0, 0.05) is 31.9 Å². The molecule has 0 saturated carbocycles. The van der Waals surface area contributed by atoms with E-state index in [1.807, 2.05) is 35.2 Å². The summed E-state index contributed by atoms with van der Waals surface area (Å²) in [6, 6.07) is 18.4. The summed E-state index contributed by atoms with van der Waals surface area (Å²) in [5.41, 5.74) is 4.41. The molecule has 0 unspecified atom stereocenters. The van der Waals surface area contributed by atoms with E-state index in [1.165, 1.54) is 11.1 Å². The van der Waals surface area contributed by atoms with Crippen molar-refractivity contribution in [2.24, 2.45) is 0 Å². The Kier molecular flexibility index (Phi) is 5.02. The molecule has 1 fully saturated rings. The van der Waals surface area contributed by atoms with Crippen LogP contribution in [0.5, 0.6) is 0 Å². The first kappa shape index (κ1) is 16.9. The zero-order valence-corrected chi connectivity index (χ0v) is 14.9. The second kappa shape index (κ2) is 7.75. The van der Waals surface area contributed by atoms with Crippen molar-refractivity contribution in [3.63, 3.8) is 0 Å². The van der Waals surface area contributed by atoms with E-state index in [0.29, 0.717) is 6.54 Å². The van der Waals surface area contributed by atoms with Crippen LogP contribution >= 0.6 is 0 Å². The molecule has 1 saturated heterocycles. The van der Waals surface area contributed by atoms with Gasteiger partial charge < -0.3 is 14.5 Å². The van der Waals surface area contributed by atoms with Gasteiger partial charge in [0.25, 0.3) is 5.91 Å². The zero-order chi connectivity index (χ0) is 17.8. The number of carbonyl (C=O) groups is 1. The summed E-state index contributed by atoms with van der Waals surface area (Å²) in [6.45, 7) is 4.53. The first-order valence-corrected chi connectivity index (χ1v) is 9.28. The zero-order valence-electron chi connectivity index (χ0n) is 14.9. The first-order chi connectivity index (χ1) is 12.8. The minimum absolute atomic E-state index is 0.121. The molecule has 2 aromatic carbocycles. The molecule has 0 radical (unpaired) electrons. The predicted octanol–water partition coefficient (Wildman–Crippen LogP) is 3.45. The molecule has 26 heavy (non-hydrogen) atoms. The van der Waals surface area contributed by atoms with Crippen molar-refractivity contribution in [1.82, 2.24) is 4.90 Å². The number of benzene rings is 2. The quantitative estimate of drug-likeness (QED) is 0.852. The van der Waals surface area contributed by atoms with Crippen LogP contribution in [0.3, 0.4) is 0 Å². The summed E-state index contributed by atoms with van der Waals surface area (Å²) >= 11 is 0. The molecular formula is C22H24N2O2. The molecule has 2 aliphatic heterocycles. The van der Waals surface area contributed by atoms with Gasteiger partial charge in [-0.25, -0.2) is 0 Å². The monoisotopic (exact) mass is 348 g/mol. The molecule has 0 spiro atoms. The molecule has 0 bridgehead atoms. The summed E-state index contributed by atoms with van der Waals surface area (Å²) in [5, 5.41) is 0. The van der Waals surface area contributed by atoms with Crippen LogP contribution in [-0.2, 0) is 4.74 Å². The van der Waals surface area contributed by atoms with Gasteiger partial charge in [-0.1, -0.05) is 48.5 Å². The molecular weight excluding hydrogens is 324 g/mol. The van der Waals surface area contributed by atoms with Crippen LogP contribution in [0.4, 0.5) is 5.69 Å². The van der Waals surface area contributed by atoms with Crippen LogP contribution in [0.15, 0.2) is 60.7 Å². The van der Waals surface area contributed by atoms with E-state index in [0.717, 1.165) is 50.5 Å². The number of carbonyl (C=O) groups excluding carboxylic acids is 1. The smallest absolute Gasteiger partial charge is 0.256 e. The fourth-order valence-corrected chi connectivity index (χ4v) is 3.67. The third-order valence-electron chi connectivity index (χ3n) is 5.13. The fourth-order valence-electron chi connectivity index (χ4n) is 3.67. The van der Waals surface area contributed by atoms with Crippen molar-refractivity contribution in [3.05, 3.63) is 71.8 Å². The highest BCUT2D eigenvalue weighted by Gasteiger charge is 2.24. The van der Waals surface area contributed by atoms with E-state index in [4.69, 9.17) is 4.74 Å². The van der Waals surface area contributed by atoms with E-state index < -0.39 is 0 Å². The summed E-state index contributed by atoms with van der Waals surface area (Å²) in [5.74, 6) is 0.121. The van der Waals surface area contributed by atoms with Crippen molar-refractivity contribution in [2.45, 2.75) is 6.42 Å². The highest BCUT2D eigenvalue weighted by molar-refractivity contribution is 6.00. The Morgan fingerprint density at radius 2 is 1.62 bits per heavy atom. The Labute approximate surface area is 154 Å². The van der Waals surface area contributed by atoms with E-state index >= 15 is 0 Å². The van der Waals surface area contributed by atoms with Crippen LogP contribution in [0.2, 0.25) is 0 Å². The summed E-state index contributed by atoms with van der Waals surface area (Å²) in [6.07, 6.45) is 3.09. The topological polar surface area (TPSA) is 32.8 Å². The van der Waals surface area contributed by atoms with Crippen LogP contribution in [0.1, 0.15) is 22.3 Å². The lowest BCUT2D eigenvalue weighted by atomic mass is 9.99. The maximum absolute atomic E-state index is 13.1. The molecule has 4 heteroatoms. The lowest BCUT2D eigenvalue weighted by Crippen LogP contribution is -2.39. The molecule has 2 aromatic rings. The van der Waals surface area contributed by atoms with Gasteiger partial charge in [0.1, 0.15) is 0 Å².